The molecule has 1 aromatic heterocycles. The van der Waals surface area contributed by atoms with Crippen molar-refractivity contribution in [3.05, 3.63) is 35.5 Å². The molecule has 0 aliphatic carbocycles. The molecule has 0 fully saturated rings. The maximum Gasteiger partial charge on any atom is 0.270 e. The van der Waals surface area contributed by atoms with Gasteiger partial charge in [-0.05, 0) is 11.6 Å². The average molecular weight is 214 g/mol. The van der Waals surface area contributed by atoms with Gasteiger partial charge in [-0.25, -0.2) is 0 Å². The Morgan fingerprint density at radius 1 is 1.38 bits per heavy atom. The Morgan fingerprint density at radius 2 is 2.12 bits per heavy atom. The van der Waals surface area contributed by atoms with Crippen LogP contribution in [0.25, 0.3) is 10.9 Å². The summed E-state index contributed by atoms with van der Waals surface area (Å²) in [6.07, 6.45) is 0. The molecule has 1 aromatic carbocycles. The fourth-order valence-electron chi connectivity index (χ4n) is 2.62. The average Bonchev–Trinajstić information content (AvgIpc) is 2.65. The zero-order chi connectivity index (χ0) is 11.3. The molecule has 3 heteroatoms. The molecule has 1 unspecified atom stereocenters. The van der Waals surface area contributed by atoms with E-state index >= 15 is 0 Å². The second kappa shape index (κ2) is 3.11. The van der Waals surface area contributed by atoms with Gasteiger partial charge in [0.25, 0.3) is 5.91 Å². The van der Waals surface area contributed by atoms with Crippen LogP contribution in [0, 0.1) is 0 Å². The molecule has 1 N–H and O–H groups in total. The van der Waals surface area contributed by atoms with Crippen LogP contribution in [0.4, 0.5) is 0 Å². The third-order valence-corrected chi connectivity index (χ3v) is 3.35. The van der Waals surface area contributed by atoms with Crippen molar-refractivity contribution >= 4 is 16.8 Å². The van der Waals surface area contributed by atoms with Gasteiger partial charge < -0.3 is 9.88 Å². The highest BCUT2D eigenvalue weighted by Gasteiger charge is 2.29. The Labute approximate surface area is 94.1 Å². The van der Waals surface area contributed by atoms with Gasteiger partial charge in [-0.15, -0.1) is 0 Å². The van der Waals surface area contributed by atoms with Crippen LogP contribution in [0.15, 0.2) is 24.3 Å². The summed E-state index contributed by atoms with van der Waals surface area (Å²) in [5.74, 6) is 0.498. The number of para-hydroxylation sites is 1. The molecule has 1 amide bonds. The molecule has 1 aliphatic heterocycles. The number of rotatable bonds is 0. The number of hydrogen-bond acceptors (Lipinski definition) is 1. The second-order valence-corrected chi connectivity index (χ2v) is 4.55. The van der Waals surface area contributed by atoms with Gasteiger partial charge in [0.1, 0.15) is 5.69 Å². The number of nitrogens with zero attached hydrogens (tertiary/aromatic N) is 1. The smallest absolute Gasteiger partial charge is 0.270 e. The molecule has 16 heavy (non-hydrogen) atoms. The van der Waals surface area contributed by atoms with Crippen molar-refractivity contribution in [2.45, 2.75) is 12.8 Å². The van der Waals surface area contributed by atoms with Gasteiger partial charge in [0.2, 0.25) is 0 Å². The first kappa shape index (κ1) is 9.46. The summed E-state index contributed by atoms with van der Waals surface area (Å²) in [5.41, 5.74) is 3.00. The Kier molecular flexibility index (Phi) is 1.84. The van der Waals surface area contributed by atoms with Gasteiger partial charge in [-0.1, -0.05) is 25.1 Å². The van der Waals surface area contributed by atoms with E-state index in [0.29, 0.717) is 5.92 Å². The number of benzene rings is 1. The number of carbonyl (C=O) groups is 1. The zero-order valence-corrected chi connectivity index (χ0v) is 9.45. The molecule has 1 aliphatic rings. The molecule has 82 valence electrons. The lowest BCUT2D eigenvalue weighted by Crippen LogP contribution is -2.35. The quantitative estimate of drug-likeness (QED) is 0.718. The molecule has 2 aromatic rings. The fourth-order valence-corrected chi connectivity index (χ4v) is 2.62. The summed E-state index contributed by atoms with van der Waals surface area (Å²) in [6.45, 7) is 2.97. The standard InChI is InChI=1S/C13H14N2O/c1-8-7-15(2)13(16)12-11(8)9-5-3-4-6-10(9)14-12/h3-6,8,14H,7H2,1-2H3. The van der Waals surface area contributed by atoms with Crippen LogP contribution in [0.5, 0.6) is 0 Å². The highest BCUT2D eigenvalue weighted by atomic mass is 16.2. The summed E-state index contributed by atoms with van der Waals surface area (Å²) >= 11 is 0. The Hall–Kier alpha value is -1.77. The van der Waals surface area contributed by atoms with Gasteiger partial charge in [-0.3, -0.25) is 4.79 Å². The second-order valence-electron chi connectivity index (χ2n) is 4.55. The van der Waals surface area contributed by atoms with E-state index in [9.17, 15) is 4.79 Å². The van der Waals surface area contributed by atoms with Gasteiger partial charge >= 0.3 is 0 Å². The van der Waals surface area contributed by atoms with Gasteiger partial charge in [0.15, 0.2) is 0 Å². The number of H-pyrrole nitrogens is 1. The minimum atomic E-state index is 0.101. The number of amides is 1. The van der Waals surface area contributed by atoms with Crippen LogP contribution < -0.4 is 0 Å². The van der Waals surface area contributed by atoms with Crippen molar-refractivity contribution in [3.63, 3.8) is 0 Å². The monoisotopic (exact) mass is 214 g/mol. The first-order valence-corrected chi connectivity index (χ1v) is 5.54. The minimum Gasteiger partial charge on any atom is -0.350 e. The summed E-state index contributed by atoms with van der Waals surface area (Å²) in [6, 6.07) is 8.11. The summed E-state index contributed by atoms with van der Waals surface area (Å²) in [7, 11) is 1.85. The topological polar surface area (TPSA) is 36.1 Å². The SMILES string of the molecule is CC1CN(C)C(=O)c2[nH]c3ccccc3c21. The first-order valence-electron chi connectivity index (χ1n) is 5.54. The number of hydrogen-bond donors (Lipinski definition) is 1. The lowest BCUT2D eigenvalue weighted by molar-refractivity contribution is 0.0763. The molecule has 2 heterocycles. The van der Waals surface area contributed by atoms with Crippen LogP contribution in [0.3, 0.4) is 0 Å². The predicted molar refractivity (Wildman–Crippen MR) is 63.7 cm³/mol. The van der Waals surface area contributed by atoms with E-state index in [0.717, 1.165) is 17.8 Å². The van der Waals surface area contributed by atoms with Gasteiger partial charge in [0, 0.05) is 30.4 Å². The van der Waals surface area contributed by atoms with Crippen LogP contribution in [-0.2, 0) is 0 Å². The third-order valence-electron chi connectivity index (χ3n) is 3.35. The fraction of sp³-hybridized carbons (Fsp3) is 0.308. The Bertz CT molecular complexity index is 570. The zero-order valence-electron chi connectivity index (χ0n) is 9.45. The molecule has 0 saturated heterocycles. The normalized spacial score (nSPS) is 20.2. The van der Waals surface area contributed by atoms with E-state index in [2.05, 4.69) is 18.0 Å². The highest BCUT2D eigenvalue weighted by Crippen LogP contribution is 2.33. The summed E-state index contributed by atoms with van der Waals surface area (Å²) < 4.78 is 0. The molecular weight excluding hydrogens is 200 g/mol. The molecule has 1 atom stereocenters. The predicted octanol–water partition coefficient (Wildman–Crippen LogP) is 2.36. The van der Waals surface area contributed by atoms with Crippen molar-refractivity contribution in [2.24, 2.45) is 0 Å². The van der Waals surface area contributed by atoms with Gasteiger partial charge in [0.05, 0.1) is 0 Å². The van der Waals surface area contributed by atoms with E-state index in [1.165, 1.54) is 10.9 Å². The summed E-state index contributed by atoms with van der Waals surface area (Å²) in [4.78, 5) is 17.0. The maximum atomic E-state index is 12.0. The van der Waals surface area contributed by atoms with Crippen molar-refractivity contribution in [3.8, 4) is 0 Å². The van der Waals surface area contributed by atoms with E-state index in [4.69, 9.17) is 0 Å². The number of nitrogens with one attached hydrogen (secondary N) is 1. The largest absolute Gasteiger partial charge is 0.350 e. The van der Waals surface area contributed by atoms with E-state index < -0.39 is 0 Å². The summed E-state index contributed by atoms with van der Waals surface area (Å²) in [5, 5.41) is 1.19. The number of carbonyl (C=O) groups excluding carboxylic acids is 1. The molecule has 3 rings (SSSR count). The van der Waals surface area contributed by atoms with Gasteiger partial charge in [-0.2, -0.15) is 0 Å². The van der Waals surface area contributed by atoms with Crippen LogP contribution in [0.2, 0.25) is 0 Å². The first-order chi connectivity index (χ1) is 7.68. The molecule has 0 radical (unpaired) electrons. The number of fused-ring (bicyclic) bond motifs is 3. The lowest BCUT2D eigenvalue weighted by Gasteiger charge is -2.27. The van der Waals surface area contributed by atoms with Crippen molar-refractivity contribution in [1.82, 2.24) is 9.88 Å². The maximum absolute atomic E-state index is 12.0. The third kappa shape index (κ3) is 1.11. The van der Waals surface area contributed by atoms with E-state index in [1.54, 1.807) is 4.90 Å². The van der Waals surface area contributed by atoms with E-state index in [-0.39, 0.29) is 5.91 Å². The van der Waals surface area contributed by atoms with E-state index in [1.807, 2.05) is 25.2 Å². The highest BCUT2D eigenvalue weighted by molar-refractivity contribution is 6.02. The minimum absolute atomic E-state index is 0.101. The van der Waals surface area contributed by atoms with Crippen molar-refractivity contribution in [2.75, 3.05) is 13.6 Å². The molecule has 3 nitrogen and oxygen atoms in total. The Balaban J connectivity index is 2.34. The number of aromatic amines is 1. The van der Waals surface area contributed by atoms with Crippen molar-refractivity contribution < 1.29 is 4.79 Å². The number of aromatic nitrogens is 1. The van der Waals surface area contributed by atoms with Crippen LogP contribution >= 0.6 is 0 Å². The number of likely N-dealkylation sites (N-methyl/N-ethyl adjacent to an activating group) is 1. The van der Waals surface area contributed by atoms with Crippen LogP contribution in [0.1, 0.15) is 28.9 Å². The van der Waals surface area contributed by atoms with Crippen molar-refractivity contribution in [1.29, 1.82) is 0 Å². The molecule has 0 bridgehead atoms. The molecular formula is C13H14N2O. The molecule has 0 spiro atoms. The Morgan fingerprint density at radius 3 is 2.94 bits per heavy atom. The molecule has 0 saturated carbocycles. The lowest BCUT2D eigenvalue weighted by atomic mass is 9.93. The van der Waals surface area contributed by atoms with Crippen LogP contribution in [-0.4, -0.2) is 29.4 Å².